The van der Waals surface area contributed by atoms with Crippen molar-refractivity contribution in [3.8, 4) is 5.75 Å². The van der Waals surface area contributed by atoms with E-state index >= 15 is 0 Å². The monoisotopic (exact) mass is 369 g/mol. The first-order valence-corrected chi connectivity index (χ1v) is 8.50. The topological polar surface area (TPSA) is 60.8 Å². The van der Waals surface area contributed by atoms with Crippen LogP contribution in [0.5, 0.6) is 5.75 Å². The summed E-state index contributed by atoms with van der Waals surface area (Å²) < 4.78 is 0. The van der Waals surface area contributed by atoms with E-state index in [0.717, 1.165) is 24.3 Å². The van der Waals surface area contributed by atoms with Gasteiger partial charge >= 0.3 is 5.97 Å². The lowest BCUT2D eigenvalue weighted by atomic mass is 10.2. The van der Waals surface area contributed by atoms with E-state index in [2.05, 4.69) is 4.90 Å². The summed E-state index contributed by atoms with van der Waals surface area (Å²) >= 11 is 11.4. The molecular weight excluding hydrogens is 349 g/mol. The van der Waals surface area contributed by atoms with Crippen LogP contribution in [0.15, 0.2) is 48.5 Å². The van der Waals surface area contributed by atoms with Crippen LogP contribution in [0.25, 0.3) is 0 Å². The molecule has 130 valence electrons. The maximum absolute atomic E-state index is 10.3. The Morgan fingerprint density at radius 2 is 1.46 bits per heavy atom. The summed E-state index contributed by atoms with van der Waals surface area (Å²) in [5.41, 5.74) is 2.44. The standard InChI is InChI=1S/C10H13Cl2NO.C8H8O2/c11-5-7-13(8-6-12)9-1-3-10(14)4-2-9;1-6-2-4-7(5-3-6)8(9)10/h1-4,14H,5-8H2;2-5H,1H3,(H,9,10). The van der Waals surface area contributed by atoms with Crippen molar-refractivity contribution in [1.82, 2.24) is 0 Å². The van der Waals surface area contributed by atoms with Gasteiger partial charge in [0.1, 0.15) is 5.75 Å². The first-order chi connectivity index (χ1) is 11.5. The molecule has 0 aliphatic rings. The van der Waals surface area contributed by atoms with E-state index in [1.807, 2.05) is 19.1 Å². The molecule has 0 saturated heterocycles. The third kappa shape index (κ3) is 7.11. The number of phenols is 1. The number of carbonyl (C=O) groups is 1. The van der Waals surface area contributed by atoms with Crippen LogP contribution in [0.1, 0.15) is 15.9 Å². The molecule has 0 atom stereocenters. The van der Waals surface area contributed by atoms with Crippen molar-refractivity contribution < 1.29 is 15.0 Å². The molecule has 2 N–H and O–H groups in total. The van der Waals surface area contributed by atoms with Crippen molar-refractivity contribution in [3.63, 3.8) is 0 Å². The Bertz CT molecular complexity index is 609. The smallest absolute Gasteiger partial charge is 0.335 e. The minimum Gasteiger partial charge on any atom is -0.508 e. The van der Waals surface area contributed by atoms with Crippen molar-refractivity contribution in [2.24, 2.45) is 0 Å². The van der Waals surface area contributed by atoms with E-state index in [1.54, 1.807) is 36.4 Å². The first kappa shape index (κ1) is 20.1. The number of hydrogen-bond donors (Lipinski definition) is 2. The normalized spacial score (nSPS) is 9.79. The highest BCUT2D eigenvalue weighted by Crippen LogP contribution is 2.18. The fraction of sp³-hybridized carbons (Fsp3) is 0.278. The average molecular weight is 370 g/mol. The zero-order chi connectivity index (χ0) is 17.9. The molecule has 2 rings (SSSR count). The lowest BCUT2D eigenvalue weighted by Gasteiger charge is -2.22. The summed E-state index contributed by atoms with van der Waals surface area (Å²) in [5.74, 6) is 0.528. The van der Waals surface area contributed by atoms with Gasteiger partial charge in [-0.3, -0.25) is 0 Å². The lowest BCUT2D eigenvalue weighted by molar-refractivity contribution is 0.0697. The van der Waals surface area contributed by atoms with Crippen LogP contribution in [0.4, 0.5) is 5.69 Å². The van der Waals surface area contributed by atoms with Crippen molar-refractivity contribution in [2.75, 3.05) is 29.7 Å². The molecule has 6 heteroatoms. The third-order valence-corrected chi connectivity index (χ3v) is 3.56. The second-order valence-electron chi connectivity index (χ2n) is 5.05. The second kappa shape index (κ2) is 10.8. The van der Waals surface area contributed by atoms with Crippen molar-refractivity contribution in [2.45, 2.75) is 6.92 Å². The Balaban J connectivity index is 0.000000254. The molecule has 2 aromatic carbocycles. The summed E-state index contributed by atoms with van der Waals surface area (Å²) in [5, 5.41) is 17.6. The Morgan fingerprint density at radius 1 is 0.958 bits per heavy atom. The zero-order valence-corrected chi connectivity index (χ0v) is 15.0. The Hall–Kier alpha value is -1.91. The molecule has 0 heterocycles. The van der Waals surface area contributed by atoms with Gasteiger partial charge in [-0.2, -0.15) is 0 Å². The summed E-state index contributed by atoms with van der Waals surface area (Å²) in [6.07, 6.45) is 0. The fourth-order valence-corrected chi connectivity index (χ4v) is 2.34. The van der Waals surface area contributed by atoms with E-state index in [0.29, 0.717) is 17.3 Å². The Labute approximate surface area is 152 Å². The second-order valence-corrected chi connectivity index (χ2v) is 5.81. The number of rotatable bonds is 6. The number of aryl methyl sites for hydroxylation is 1. The molecule has 2 aromatic rings. The predicted molar refractivity (Wildman–Crippen MR) is 99.9 cm³/mol. The number of phenolic OH excluding ortho intramolecular Hbond substituents is 1. The third-order valence-electron chi connectivity index (χ3n) is 3.22. The fourth-order valence-electron chi connectivity index (χ4n) is 1.93. The molecule has 0 amide bonds. The minimum absolute atomic E-state index is 0.269. The van der Waals surface area contributed by atoms with Crippen molar-refractivity contribution in [1.29, 1.82) is 0 Å². The number of hydrogen-bond acceptors (Lipinski definition) is 3. The molecular formula is C18H21Cl2NO3. The number of alkyl halides is 2. The quantitative estimate of drug-likeness (QED) is 0.742. The molecule has 0 spiro atoms. The highest BCUT2D eigenvalue weighted by Gasteiger charge is 2.04. The summed E-state index contributed by atoms with van der Waals surface area (Å²) in [6, 6.07) is 13.8. The van der Waals surface area contributed by atoms with Crippen LogP contribution in [0, 0.1) is 6.92 Å². The summed E-state index contributed by atoms with van der Waals surface area (Å²) in [7, 11) is 0. The molecule has 0 radical (unpaired) electrons. The molecule has 0 fully saturated rings. The van der Waals surface area contributed by atoms with E-state index in [4.69, 9.17) is 33.4 Å². The molecule has 0 aliphatic carbocycles. The number of carboxylic acid groups (broad SMARTS) is 1. The summed E-state index contributed by atoms with van der Waals surface area (Å²) in [4.78, 5) is 12.4. The Morgan fingerprint density at radius 3 is 1.88 bits per heavy atom. The number of aromatic hydroxyl groups is 1. The maximum atomic E-state index is 10.3. The number of carboxylic acids is 1. The number of nitrogens with zero attached hydrogens (tertiary/aromatic N) is 1. The molecule has 0 bridgehead atoms. The minimum atomic E-state index is -0.875. The van der Waals surface area contributed by atoms with Gasteiger partial charge in [0.2, 0.25) is 0 Å². The number of aromatic carboxylic acids is 1. The van der Waals surface area contributed by atoms with E-state index in [9.17, 15) is 4.79 Å². The number of halogens is 2. The SMILES string of the molecule is Cc1ccc(C(=O)O)cc1.Oc1ccc(N(CCCl)CCCl)cc1. The Kier molecular flexibility index (Phi) is 9.05. The van der Waals surface area contributed by atoms with Crippen LogP contribution in [-0.4, -0.2) is 41.0 Å². The molecule has 4 nitrogen and oxygen atoms in total. The molecule has 0 aromatic heterocycles. The van der Waals surface area contributed by atoms with E-state index in [-0.39, 0.29) is 5.75 Å². The van der Waals surface area contributed by atoms with Crippen molar-refractivity contribution >= 4 is 34.9 Å². The average Bonchev–Trinajstić information content (AvgIpc) is 2.56. The van der Waals surface area contributed by atoms with Crippen LogP contribution < -0.4 is 4.90 Å². The summed E-state index contributed by atoms with van der Waals surface area (Å²) in [6.45, 7) is 3.45. The molecule has 24 heavy (non-hydrogen) atoms. The van der Waals surface area contributed by atoms with Gasteiger partial charge in [-0.25, -0.2) is 4.79 Å². The van der Waals surface area contributed by atoms with Crippen LogP contribution in [0.2, 0.25) is 0 Å². The number of benzene rings is 2. The maximum Gasteiger partial charge on any atom is 0.335 e. The van der Waals surface area contributed by atoms with Gasteiger partial charge in [0.15, 0.2) is 0 Å². The predicted octanol–water partition coefficient (Wildman–Crippen LogP) is 4.37. The van der Waals surface area contributed by atoms with Gasteiger partial charge in [0, 0.05) is 30.5 Å². The lowest BCUT2D eigenvalue weighted by Crippen LogP contribution is -2.27. The highest BCUT2D eigenvalue weighted by molar-refractivity contribution is 6.18. The molecule has 0 unspecified atom stereocenters. The van der Waals surface area contributed by atoms with Crippen molar-refractivity contribution in [3.05, 3.63) is 59.7 Å². The van der Waals surface area contributed by atoms with Crippen LogP contribution in [0.3, 0.4) is 0 Å². The van der Waals surface area contributed by atoms with E-state index < -0.39 is 5.97 Å². The van der Waals surface area contributed by atoms with Gasteiger partial charge in [-0.05, 0) is 43.3 Å². The largest absolute Gasteiger partial charge is 0.508 e. The van der Waals surface area contributed by atoms with E-state index in [1.165, 1.54) is 0 Å². The van der Waals surface area contributed by atoms with Gasteiger partial charge in [0.05, 0.1) is 5.56 Å². The van der Waals surface area contributed by atoms with Gasteiger partial charge in [-0.1, -0.05) is 17.7 Å². The molecule has 0 saturated carbocycles. The number of anilines is 1. The zero-order valence-electron chi connectivity index (χ0n) is 13.5. The van der Waals surface area contributed by atoms with Gasteiger partial charge in [0.25, 0.3) is 0 Å². The van der Waals surface area contributed by atoms with Crippen LogP contribution in [-0.2, 0) is 0 Å². The first-order valence-electron chi connectivity index (χ1n) is 7.43. The molecule has 0 aliphatic heterocycles. The van der Waals surface area contributed by atoms with Crippen LogP contribution >= 0.6 is 23.2 Å². The van der Waals surface area contributed by atoms with Gasteiger partial charge < -0.3 is 15.1 Å². The van der Waals surface area contributed by atoms with Gasteiger partial charge in [-0.15, -0.1) is 23.2 Å². The highest BCUT2D eigenvalue weighted by atomic mass is 35.5.